The maximum absolute atomic E-state index is 11.3. The maximum Gasteiger partial charge on any atom is 0.348 e. The molecule has 0 aromatic carbocycles. The minimum atomic E-state index is -1.10. The highest BCUT2D eigenvalue weighted by Crippen LogP contribution is 2.01. The number of esters is 3. The average Bonchev–Trinajstić information content (AvgIpc) is 2.27. The molecule has 0 saturated heterocycles. The van der Waals surface area contributed by atoms with Gasteiger partial charge in [0.15, 0.2) is 12.2 Å². The molecule has 2 unspecified atom stereocenters. The molecule has 90 valence electrons. The van der Waals surface area contributed by atoms with Crippen LogP contribution in [0.2, 0.25) is 0 Å². The van der Waals surface area contributed by atoms with Gasteiger partial charge in [-0.3, -0.25) is 0 Å². The van der Waals surface area contributed by atoms with Gasteiger partial charge in [0.2, 0.25) is 0 Å². The van der Waals surface area contributed by atoms with E-state index in [0.29, 0.717) is 0 Å². The van der Waals surface area contributed by atoms with Gasteiger partial charge in [-0.2, -0.15) is 0 Å². The molecule has 0 radical (unpaired) electrons. The molecule has 0 fully saturated rings. The minimum Gasteiger partial charge on any atom is -0.466 e. The lowest BCUT2D eigenvalue weighted by Crippen LogP contribution is -2.32. The van der Waals surface area contributed by atoms with E-state index in [1.807, 2.05) is 0 Å². The Labute approximate surface area is 93.2 Å². The van der Waals surface area contributed by atoms with Crippen LogP contribution in [0.15, 0.2) is 12.7 Å². The van der Waals surface area contributed by atoms with Crippen LogP contribution in [0.25, 0.3) is 0 Å². The van der Waals surface area contributed by atoms with Crippen molar-refractivity contribution >= 4 is 17.9 Å². The Morgan fingerprint density at radius 3 is 2.00 bits per heavy atom. The Hall–Kier alpha value is -1.85. The van der Waals surface area contributed by atoms with E-state index >= 15 is 0 Å². The largest absolute Gasteiger partial charge is 0.466 e. The van der Waals surface area contributed by atoms with Crippen molar-refractivity contribution in [1.29, 1.82) is 0 Å². The van der Waals surface area contributed by atoms with E-state index in [9.17, 15) is 14.4 Å². The zero-order valence-electron chi connectivity index (χ0n) is 9.39. The first-order valence-electron chi connectivity index (χ1n) is 4.53. The van der Waals surface area contributed by atoms with Crippen molar-refractivity contribution in [2.24, 2.45) is 0 Å². The molecular formula is C10H14O6. The fourth-order valence-corrected chi connectivity index (χ4v) is 0.755. The molecule has 0 heterocycles. The molecule has 0 spiro atoms. The average molecular weight is 230 g/mol. The van der Waals surface area contributed by atoms with Crippen molar-refractivity contribution < 1.29 is 28.6 Å². The molecule has 0 bridgehead atoms. The summed E-state index contributed by atoms with van der Waals surface area (Å²) < 4.78 is 13.6. The highest BCUT2D eigenvalue weighted by Gasteiger charge is 2.24. The first-order chi connectivity index (χ1) is 7.42. The number of hydrogen-bond donors (Lipinski definition) is 0. The van der Waals surface area contributed by atoms with Crippen LogP contribution >= 0.6 is 0 Å². The maximum atomic E-state index is 11.3. The minimum absolute atomic E-state index is 0.685. The summed E-state index contributed by atoms with van der Waals surface area (Å²) in [6.07, 6.45) is -1.21. The van der Waals surface area contributed by atoms with Crippen molar-refractivity contribution in [1.82, 2.24) is 0 Å². The monoisotopic (exact) mass is 230 g/mol. The summed E-state index contributed by atoms with van der Waals surface area (Å²) in [5.74, 6) is -2.25. The van der Waals surface area contributed by atoms with Crippen LogP contribution in [0, 0.1) is 0 Å². The number of carbonyl (C=O) groups excluding carboxylic acids is 3. The Morgan fingerprint density at radius 2 is 1.56 bits per heavy atom. The van der Waals surface area contributed by atoms with Gasteiger partial charge < -0.3 is 14.2 Å². The third-order valence-corrected chi connectivity index (χ3v) is 1.62. The smallest absolute Gasteiger partial charge is 0.348 e. The molecule has 0 aliphatic heterocycles. The molecule has 0 aliphatic rings. The fourth-order valence-electron chi connectivity index (χ4n) is 0.755. The Bertz CT molecular complexity index is 296. The van der Waals surface area contributed by atoms with Crippen LogP contribution in [0.3, 0.4) is 0 Å². The zero-order valence-corrected chi connectivity index (χ0v) is 9.39. The van der Waals surface area contributed by atoms with Crippen molar-refractivity contribution in [2.75, 3.05) is 7.11 Å². The Balaban J connectivity index is 4.19. The van der Waals surface area contributed by atoms with E-state index in [1.54, 1.807) is 0 Å². The molecule has 0 N–H and O–H groups in total. The number of ether oxygens (including phenoxy) is 3. The van der Waals surface area contributed by atoms with Gasteiger partial charge in [-0.1, -0.05) is 6.58 Å². The quantitative estimate of drug-likeness (QED) is 0.381. The van der Waals surface area contributed by atoms with Gasteiger partial charge in [-0.05, 0) is 13.8 Å². The van der Waals surface area contributed by atoms with Crippen molar-refractivity contribution in [3.8, 4) is 0 Å². The van der Waals surface area contributed by atoms with E-state index in [-0.39, 0.29) is 0 Å². The van der Waals surface area contributed by atoms with Gasteiger partial charge in [0.05, 0.1) is 7.11 Å². The first kappa shape index (κ1) is 14.2. The Kier molecular flexibility index (Phi) is 5.84. The van der Waals surface area contributed by atoms with Gasteiger partial charge in [0.25, 0.3) is 0 Å². The van der Waals surface area contributed by atoms with E-state index in [0.717, 1.165) is 6.08 Å². The number of hydrogen-bond acceptors (Lipinski definition) is 6. The molecular weight excluding hydrogens is 216 g/mol. The lowest BCUT2D eigenvalue weighted by atomic mass is 10.3. The van der Waals surface area contributed by atoms with E-state index in [1.165, 1.54) is 21.0 Å². The molecule has 2 atom stereocenters. The third-order valence-electron chi connectivity index (χ3n) is 1.62. The first-order valence-corrected chi connectivity index (χ1v) is 4.53. The summed E-state index contributed by atoms with van der Waals surface area (Å²) in [5.41, 5.74) is 0. The number of rotatable bonds is 5. The van der Waals surface area contributed by atoms with Crippen molar-refractivity contribution in [3.63, 3.8) is 0 Å². The van der Waals surface area contributed by atoms with Gasteiger partial charge in [0.1, 0.15) is 0 Å². The predicted octanol–water partition coefficient (Wildman–Crippen LogP) is 0.209. The summed E-state index contributed by atoms with van der Waals surface area (Å²) in [4.78, 5) is 33.0. The van der Waals surface area contributed by atoms with Crippen LogP contribution in [-0.2, 0) is 28.6 Å². The lowest BCUT2D eigenvalue weighted by molar-refractivity contribution is -0.174. The topological polar surface area (TPSA) is 78.9 Å². The highest BCUT2D eigenvalue weighted by molar-refractivity contribution is 5.86. The second-order valence-electron chi connectivity index (χ2n) is 2.89. The van der Waals surface area contributed by atoms with Crippen LogP contribution in [0.5, 0.6) is 0 Å². The summed E-state index contributed by atoms with van der Waals surface area (Å²) in [7, 11) is 1.17. The summed E-state index contributed by atoms with van der Waals surface area (Å²) in [6.45, 7) is 5.85. The van der Waals surface area contributed by atoms with Gasteiger partial charge in [-0.15, -0.1) is 0 Å². The normalized spacial score (nSPS) is 13.2. The summed E-state index contributed by atoms with van der Waals surface area (Å²) in [6, 6.07) is 0. The molecule has 0 aromatic heterocycles. The van der Waals surface area contributed by atoms with E-state index in [4.69, 9.17) is 0 Å². The van der Waals surface area contributed by atoms with Crippen LogP contribution in [0.1, 0.15) is 13.8 Å². The summed E-state index contributed by atoms with van der Waals surface area (Å²) >= 11 is 0. The van der Waals surface area contributed by atoms with Gasteiger partial charge >= 0.3 is 17.9 Å². The van der Waals surface area contributed by atoms with Crippen molar-refractivity contribution in [2.45, 2.75) is 26.1 Å². The fraction of sp³-hybridized carbons (Fsp3) is 0.500. The molecule has 0 amide bonds. The van der Waals surface area contributed by atoms with E-state index in [2.05, 4.69) is 20.8 Å². The van der Waals surface area contributed by atoms with Gasteiger partial charge in [-0.25, -0.2) is 14.4 Å². The lowest BCUT2D eigenvalue weighted by Gasteiger charge is -2.14. The summed E-state index contributed by atoms with van der Waals surface area (Å²) in [5, 5.41) is 0. The standard InChI is InChI=1S/C10H14O6/c1-5-8(11)15-7(3)10(13)16-6(2)9(12)14-4/h5-7H,1H2,2-4H3. The predicted molar refractivity (Wildman–Crippen MR) is 53.3 cm³/mol. The van der Waals surface area contributed by atoms with E-state index < -0.39 is 30.1 Å². The SMILES string of the molecule is C=CC(=O)OC(C)C(=O)OC(C)C(=O)OC. The number of methoxy groups -OCH3 is 1. The zero-order chi connectivity index (χ0) is 12.7. The molecule has 0 aromatic rings. The molecule has 6 heteroatoms. The molecule has 0 saturated carbocycles. The Morgan fingerprint density at radius 1 is 1.06 bits per heavy atom. The second kappa shape index (κ2) is 6.60. The second-order valence-corrected chi connectivity index (χ2v) is 2.89. The number of carbonyl (C=O) groups is 3. The van der Waals surface area contributed by atoms with Crippen LogP contribution < -0.4 is 0 Å². The van der Waals surface area contributed by atoms with Crippen molar-refractivity contribution in [3.05, 3.63) is 12.7 Å². The van der Waals surface area contributed by atoms with Gasteiger partial charge in [0, 0.05) is 6.08 Å². The molecule has 0 aliphatic carbocycles. The third kappa shape index (κ3) is 4.59. The van der Waals surface area contributed by atoms with Crippen LogP contribution in [-0.4, -0.2) is 37.2 Å². The van der Waals surface area contributed by atoms with Crippen LogP contribution in [0.4, 0.5) is 0 Å². The molecule has 16 heavy (non-hydrogen) atoms. The molecule has 0 rings (SSSR count). The highest BCUT2D eigenvalue weighted by atomic mass is 16.6. The molecule has 6 nitrogen and oxygen atoms in total.